The molecule has 2 aliphatic rings. The molecule has 2 aromatic rings. The molecule has 32 heavy (non-hydrogen) atoms. The van der Waals surface area contributed by atoms with E-state index in [0.29, 0.717) is 34.7 Å². The van der Waals surface area contributed by atoms with Crippen LogP contribution in [0.25, 0.3) is 11.3 Å². The molecule has 3 N–H and O–H groups in total. The first-order valence-corrected chi connectivity index (χ1v) is 11.7. The van der Waals surface area contributed by atoms with Gasteiger partial charge in [0.1, 0.15) is 11.5 Å². The van der Waals surface area contributed by atoms with Gasteiger partial charge in [-0.2, -0.15) is 0 Å². The lowest BCUT2D eigenvalue weighted by molar-refractivity contribution is 0.161. The first kappa shape index (κ1) is 22.9. The lowest BCUT2D eigenvalue weighted by Gasteiger charge is -2.31. The van der Waals surface area contributed by atoms with E-state index in [1.54, 1.807) is 19.4 Å². The molecule has 8 heteroatoms. The van der Waals surface area contributed by atoms with Crippen molar-refractivity contribution in [3.63, 3.8) is 0 Å². The van der Waals surface area contributed by atoms with Crippen molar-refractivity contribution in [2.75, 3.05) is 30.9 Å². The largest absolute Gasteiger partial charge is 0.383 e. The summed E-state index contributed by atoms with van der Waals surface area (Å²) in [6, 6.07) is 4.79. The molecule has 7 nitrogen and oxygen atoms in total. The van der Waals surface area contributed by atoms with Crippen LogP contribution in [0.1, 0.15) is 52.4 Å². The highest BCUT2D eigenvalue weighted by Crippen LogP contribution is 2.44. The molecule has 2 aliphatic carbocycles. The first-order chi connectivity index (χ1) is 15.4. The van der Waals surface area contributed by atoms with Crippen LogP contribution in [-0.2, 0) is 4.74 Å². The van der Waals surface area contributed by atoms with E-state index >= 15 is 0 Å². The molecule has 0 bridgehead atoms. The molecule has 2 saturated carbocycles. The lowest BCUT2D eigenvalue weighted by Crippen LogP contribution is -2.43. The summed E-state index contributed by atoms with van der Waals surface area (Å²) in [6.07, 6.45) is 9.63. The third-order valence-electron chi connectivity index (χ3n) is 6.57. The van der Waals surface area contributed by atoms with Gasteiger partial charge in [-0.1, -0.05) is 6.92 Å². The molecule has 0 saturated heterocycles. The maximum absolute atomic E-state index is 14.6. The molecule has 174 valence electrons. The van der Waals surface area contributed by atoms with Crippen LogP contribution in [0.15, 0.2) is 24.5 Å². The zero-order chi connectivity index (χ0) is 22.6. The average molecular weight is 443 g/mol. The second-order valence-electron chi connectivity index (χ2n) is 9.70. The van der Waals surface area contributed by atoms with E-state index in [1.165, 1.54) is 19.0 Å². The van der Waals surface area contributed by atoms with Crippen molar-refractivity contribution < 1.29 is 9.13 Å². The summed E-state index contributed by atoms with van der Waals surface area (Å²) >= 11 is 0. The molecule has 0 aliphatic heterocycles. The number of methoxy groups -OCH3 is 1. The van der Waals surface area contributed by atoms with Crippen molar-refractivity contribution in [3.05, 3.63) is 30.3 Å². The number of halogens is 1. The monoisotopic (exact) mass is 442 g/mol. The Balaban J connectivity index is 1.36. The van der Waals surface area contributed by atoms with Gasteiger partial charge in [0.15, 0.2) is 5.82 Å². The van der Waals surface area contributed by atoms with Gasteiger partial charge < -0.3 is 20.7 Å². The van der Waals surface area contributed by atoms with Crippen molar-refractivity contribution in [1.29, 1.82) is 0 Å². The summed E-state index contributed by atoms with van der Waals surface area (Å²) in [7, 11) is 1.73. The number of pyridine rings is 1. The van der Waals surface area contributed by atoms with Crippen LogP contribution in [0.3, 0.4) is 0 Å². The van der Waals surface area contributed by atoms with Crippen LogP contribution < -0.4 is 16.0 Å². The quantitative estimate of drug-likeness (QED) is 0.508. The summed E-state index contributed by atoms with van der Waals surface area (Å²) in [5.74, 6) is 0.793. The molecular formula is C24H35FN6O. The van der Waals surface area contributed by atoms with E-state index in [1.807, 2.05) is 6.07 Å². The zero-order valence-corrected chi connectivity index (χ0v) is 19.3. The molecule has 0 aromatic carbocycles. The Morgan fingerprint density at radius 3 is 2.66 bits per heavy atom. The Morgan fingerprint density at radius 2 is 1.94 bits per heavy atom. The van der Waals surface area contributed by atoms with Crippen molar-refractivity contribution in [1.82, 2.24) is 20.3 Å². The third-order valence-corrected chi connectivity index (χ3v) is 6.57. The smallest absolute Gasteiger partial charge is 0.223 e. The summed E-state index contributed by atoms with van der Waals surface area (Å²) < 4.78 is 19.8. The standard InChI is InChI=1S/C24H35FN6O/c1-16(14-32-3)29-18-4-6-19(7-5-18)30-23-27-13-20(25)22(31-23)17-8-11-26-21(12-17)28-15-24(2)9-10-24/h8,11-13,16,18-19,29H,4-7,9-10,14-15H2,1-3H3,(H,26,28)(H,27,30,31)/t16-,18?,19?/m0/s1. The van der Waals surface area contributed by atoms with Crippen LogP contribution in [0.4, 0.5) is 16.2 Å². The van der Waals surface area contributed by atoms with Gasteiger partial charge in [-0.25, -0.2) is 19.3 Å². The molecule has 0 radical (unpaired) electrons. The zero-order valence-electron chi connectivity index (χ0n) is 19.3. The topological polar surface area (TPSA) is 84.0 Å². The molecule has 0 unspecified atom stereocenters. The van der Waals surface area contributed by atoms with Gasteiger partial charge in [0.25, 0.3) is 0 Å². The lowest BCUT2D eigenvalue weighted by atomic mass is 9.91. The average Bonchev–Trinajstić information content (AvgIpc) is 3.53. The Hall–Kier alpha value is -2.32. The maximum atomic E-state index is 14.6. The number of hydrogen-bond acceptors (Lipinski definition) is 7. The first-order valence-electron chi connectivity index (χ1n) is 11.7. The van der Waals surface area contributed by atoms with Gasteiger partial charge >= 0.3 is 0 Å². The number of nitrogens with one attached hydrogen (secondary N) is 3. The van der Waals surface area contributed by atoms with Crippen LogP contribution in [-0.4, -0.2) is 53.3 Å². The SMILES string of the molecule is COC[C@H](C)NC1CCC(Nc2ncc(F)c(-c3ccnc(NCC4(C)CC4)c3)n2)CC1. The number of nitrogens with zero attached hydrogens (tertiary/aromatic N) is 3. The van der Waals surface area contributed by atoms with Gasteiger partial charge in [-0.05, 0) is 63.0 Å². The summed E-state index contributed by atoms with van der Waals surface area (Å²) in [6.45, 7) is 6.00. The minimum absolute atomic E-state index is 0.290. The number of rotatable bonds is 10. The molecule has 2 fully saturated rings. The molecule has 2 aromatic heterocycles. The van der Waals surface area contributed by atoms with Gasteiger partial charge in [0, 0.05) is 43.5 Å². The minimum Gasteiger partial charge on any atom is -0.383 e. The highest BCUT2D eigenvalue weighted by Gasteiger charge is 2.36. The van der Waals surface area contributed by atoms with Crippen molar-refractivity contribution in [2.45, 2.75) is 70.5 Å². The van der Waals surface area contributed by atoms with Crippen molar-refractivity contribution in [2.24, 2.45) is 5.41 Å². The van der Waals surface area contributed by atoms with Gasteiger partial charge in [0.2, 0.25) is 5.95 Å². The molecule has 0 amide bonds. The molecule has 0 spiro atoms. The number of aromatic nitrogens is 3. The molecule has 1 atom stereocenters. The van der Waals surface area contributed by atoms with E-state index in [-0.39, 0.29) is 6.04 Å². The highest BCUT2D eigenvalue weighted by atomic mass is 19.1. The summed E-state index contributed by atoms with van der Waals surface area (Å²) in [4.78, 5) is 13.1. The van der Waals surface area contributed by atoms with E-state index in [0.717, 1.165) is 44.7 Å². The molecule has 4 rings (SSSR count). The fourth-order valence-electron chi connectivity index (χ4n) is 4.30. The van der Waals surface area contributed by atoms with Crippen LogP contribution in [0.2, 0.25) is 0 Å². The van der Waals surface area contributed by atoms with Crippen LogP contribution in [0.5, 0.6) is 0 Å². The van der Waals surface area contributed by atoms with Crippen LogP contribution in [0, 0.1) is 11.2 Å². The Labute approximate surface area is 190 Å². The van der Waals surface area contributed by atoms with Crippen molar-refractivity contribution >= 4 is 11.8 Å². The molecular weight excluding hydrogens is 407 g/mol. The second kappa shape index (κ2) is 10.1. The van der Waals surface area contributed by atoms with Crippen molar-refractivity contribution in [3.8, 4) is 11.3 Å². The highest BCUT2D eigenvalue weighted by molar-refractivity contribution is 5.64. The number of anilines is 2. The summed E-state index contributed by atoms with van der Waals surface area (Å²) in [5.41, 5.74) is 1.37. The predicted molar refractivity (Wildman–Crippen MR) is 125 cm³/mol. The molecule has 2 heterocycles. The fraction of sp³-hybridized carbons (Fsp3) is 0.625. The van der Waals surface area contributed by atoms with Gasteiger partial charge in [-0.15, -0.1) is 0 Å². The maximum Gasteiger partial charge on any atom is 0.223 e. The second-order valence-corrected chi connectivity index (χ2v) is 9.70. The fourth-order valence-corrected chi connectivity index (χ4v) is 4.30. The van der Waals surface area contributed by atoms with E-state index in [4.69, 9.17) is 4.74 Å². The van der Waals surface area contributed by atoms with Gasteiger partial charge in [-0.3, -0.25) is 0 Å². The van der Waals surface area contributed by atoms with E-state index < -0.39 is 5.82 Å². The predicted octanol–water partition coefficient (Wildman–Crippen LogP) is 4.24. The normalized spacial score (nSPS) is 22.9. The van der Waals surface area contributed by atoms with E-state index in [9.17, 15) is 4.39 Å². The van der Waals surface area contributed by atoms with E-state index in [2.05, 4.69) is 44.7 Å². The Bertz CT molecular complexity index is 898. The minimum atomic E-state index is -0.429. The summed E-state index contributed by atoms with van der Waals surface area (Å²) in [5, 5.41) is 10.4. The Morgan fingerprint density at radius 1 is 1.19 bits per heavy atom. The van der Waals surface area contributed by atoms with Crippen LogP contribution >= 0.6 is 0 Å². The number of hydrogen-bond donors (Lipinski definition) is 3. The Kier molecular flexibility index (Phi) is 7.20. The third kappa shape index (κ3) is 6.13. The number of ether oxygens (including phenoxy) is 1. The van der Waals surface area contributed by atoms with Gasteiger partial charge in [0.05, 0.1) is 12.8 Å².